The number of fused-ring (bicyclic) bond motifs is 1. The maximum absolute atomic E-state index is 11.9. The molecular weight excluding hydrogens is 268 g/mol. The van der Waals surface area contributed by atoms with Crippen LogP contribution in [0.3, 0.4) is 0 Å². The van der Waals surface area contributed by atoms with Crippen LogP contribution in [0.4, 0.5) is 0 Å². The van der Waals surface area contributed by atoms with E-state index in [0.29, 0.717) is 18.8 Å². The molecule has 3 rings (SSSR count). The predicted octanol–water partition coefficient (Wildman–Crippen LogP) is 0.903. The number of rotatable bonds is 4. The fraction of sp³-hybridized carbons (Fsp3) is 0.286. The van der Waals surface area contributed by atoms with Crippen LogP contribution in [0.5, 0.6) is 0 Å². The van der Waals surface area contributed by atoms with Gasteiger partial charge in [0.1, 0.15) is 16.7 Å². The molecule has 0 fully saturated rings. The number of pyridine rings is 1. The van der Waals surface area contributed by atoms with E-state index < -0.39 is 0 Å². The average molecular weight is 284 g/mol. The third-order valence-corrected chi connectivity index (χ3v) is 3.32. The summed E-state index contributed by atoms with van der Waals surface area (Å²) in [6.07, 6.45) is 3.39. The molecule has 0 atom stereocenters. The number of aromatic nitrogens is 5. The zero-order chi connectivity index (χ0) is 14.8. The molecule has 3 aromatic rings. The first-order valence-electron chi connectivity index (χ1n) is 6.71. The fourth-order valence-electron chi connectivity index (χ4n) is 2.34. The van der Waals surface area contributed by atoms with E-state index in [1.807, 2.05) is 18.7 Å². The maximum Gasteiger partial charge on any atom is 0.269 e. The summed E-state index contributed by atoms with van der Waals surface area (Å²) in [5, 5.41) is 11.5. The van der Waals surface area contributed by atoms with Gasteiger partial charge < -0.3 is 5.32 Å². The highest BCUT2D eigenvalue weighted by molar-refractivity contribution is 5.92. The summed E-state index contributed by atoms with van der Waals surface area (Å²) in [5.74, 6) is -0.179. The summed E-state index contributed by atoms with van der Waals surface area (Å²) >= 11 is 0. The van der Waals surface area contributed by atoms with Crippen molar-refractivity contribution in [3.05, 3.63) is 42.0 Å². The molecule has 0 saturated heterocycles. The van der Waals surface area contributed by atoms with Crippen molar-refractivity contribution in [2.75, 3.05) is 6.54 Å². The predicted molar refractivity (Wildman–Crippen MR) is 77.8 cm³/mol. The van der Waals surface area contributed by atoms with Gasteiger partial charge in [-0.3, -0.25) is 19.1 Å². The molecule has 0 saturated carbocycles. The molecule has 3 heterocycles. The summed E-state index contributed by atoms with van der Waals surface area (Å²) < 4.78 is 3.66. The van der Waals surface area contributed by atoms with E-state index in [4.69, 9.17) is 0 Å². The van der Waals surface area contributed by atoms with E-state index in [1.54, 1.807) is 35.3 Å². The van der Waals surface area contributed by atoms with Crippen molar-refractivity contribution in [3.8, 4) is 0 Å². The minimum Gasteiger partial charge on any atom is -0.349 e. The molecule has 7 heteroatoms. The molecule has 0 aliphatic carbocycles. The van der Waals surface area contributed by atoms with Gasteiger partial charge in [-0.25, -0.2) is 0 Å². The number of hydrogen-bond donors (Lipinski definition) is 1. The standard InChI is InChI=1S/C14H16N6O/c1-10-13-12(19(2)18-10)9-17-20(13)8-7-16-14(21)11-5-3-4-6-15-11/h3-6,9H,7-8H2,1-2H3,(H,16,21). The lowest BCUT2D eigenvalue weighted by Gasteiger charge is -2.05. The lowest BCUT2D eigenvalue weighted by Crippen LogP contribution is -2.28. The lowest BCUT2D eigenvalue weighted by molar-refractivity contribution is 0.0947. The zero-order valence-corrected chi connectivity index (χ0v) is 11.9. The van der Waals surface area contributed by atoms with Crippen LogP contribution >= 0.6 is 0 Å². The van der Waals surface area contributed by atoms with Crippen LogP contribution in [0.2, 0.25) is 0 Å². The van der Waals surface area contributed by atoms with E-state index in [-0.39, 0.29) is 5.91 Å². The Hall–Kier alpha value is -2.70. The third-order valence-electron chi connectivity index (χ3n) is 3.32. The Balaban J connectivity index is 1.66. The Kier molecular flexibility index (Phi) is 3.39. The number of aryl methyl sites for hydroxylation is 2. The van der Waals surface area contributed by atoms with E-state index in [9.17, 15) is 4.79 Å². The maximum atomic E-state index is 11.9. The Labute approximate surface area is 121 Å². The molecule has 21 heavy (non-hydrogen) atoms. The summed E-state index contributed by atoms with van der Waals surface area (Å²) in [5.41, 5.74) is 3.34. The van der Waals surface area contributed by atoms with Gasteiger partial charge >= 0.3 is 0 Å². The van der Waals surface area contributed by atoms with Gasteiger partial charge in [-0.05, 0) is 19.1 Å². The highest BCUT2D eigenvalue weighted by atomic mass is 16.1. The lowest BCUT2D eigenvalue weighted by atomic mass is 10.3. The van der Waals surface area contributed by atoms with E-state index in [2.05, 4.69) is 20.5 Å². The van der Waals surface area contributed by atoms with E-state index in [0.717, 1.165) is 16.7 Å². The van der Waals surface area contributed by atoms with Gasteiger partial charge in [0.25, 0.3) is 5.91 Å². The van der Waals surface area contributed by atoms with Crippen LogP contribution in [-0.4, -0.2) is 37.0 Å². The molecule has 7 nitrogen and oxygen atoms in total. The number of nitrogens with one attached hydrogen (secondary N) is 1. The second-order valence-corrected chi connectivity index (χ2v) is 4.78. The minimum atomic E-state index is -0.179. The van der Waals surface area contributed by atoms with Gasteiger partial charge in [0.2, 0.25) is 0 Å². The van der Waals surface area contributed by atoms with Gasteiger partial charge in [0.05, 0.1) is 18.4 Å². The normalized spacial score (nSPS) is 11.0. The molecule has 108 valence electrons. The highest BCUT2D eigenvalue weighted by Crippen LogP contribution is 2.16. The summed E-state index contributed by atoms with van der Waals surface area (Å²) in [6.45, 7) is 3.03. The summed E-state index contributed by atoms with van der Waals surface area (Å²) in [6, 6.07) is 5.26. The van der Waals surface area contributed by atoms with Crippen LogP contribution in [0.1, 0.15) is 16.2 Å². The van der Waals surface area contributed by atoms with Gasteiger partial charge in [0.15, 0.2) is 0 Å². The van der Waals surface area contributed by atoms with Crippen molar-refractivity contribution in [1.82, 2.24) is 29.9 Å². The molecule has 3 aromatic heterocycles. The second-order valence-electron chi connectivity index (χ2n) is 4.78. The summed E-state index contributed by atoms with van der Waals surface area (Å²) in [7, 11) is 1.89. The number of carbonyl (C=O) groups excluding carboxylic acids is 1. The van der Waals surface area contributed by atoms with Crippen LogP contribution in [0.25, 0.3) is 11.0 Å². The van der Waals surface area contributed by atoms with Gasteiger partial charge in [0, 0.05) is 19.8 Å². The Bertz CT molecular complexity index is 773. The topological polar surface area (TPSA) is 77.6 Å². The van der Waals surface area contributed by atoms with Crippen molar-refractivity contribution in [2.45, 2.75) is 13.5 Å². The zero-order valence-electron chi connectivity index (χ0n) is 11.9. The Morgan fingerprint density at radius 3 is 3.00 bits per heavy atom. The van der Waals surface area contributed by atoms with Crippen molar-refractivity contribution in [2.24, 2.45) is 7.05 Å². The molecule has 0 unspecified atom stereocenters. The first-order valence-corrected chi connectivity index (χ1v) is 6.71. The quantitative estimate of drug-likeness (QED) is 0.772. The van der Waals surface area contributed by atoms with Gasteiger partial charge in [-0.2, -0.15) is 10.2 Å². The Morgan fingerprint density at radius 1 is 1.38 bits per heavy atom. The van der Waals surface area contributed by atoms with Crippen molar-refractivity contribution in [1.29, 1.82) is 0 Å². The first kappa shape index (κ1) is 13.3. The Morgan fingerprint density at radius 2 is 2.24 bits per heavy atom. The van der Waals surface area contributed by atoms with Crippen LogP contribution in [0.15, 0.2) is 30.6 Å². The first-order chi connectivity index (χ1) is 10.2. The monoisotopic (exact) mass is 284 g/mol. The largest absolute Gasteiger partial charge is 0.349 e. The molecule has 0 bridgehead atoms. The highest BCUT2D eigenvalue weighted by Gasteiger charge is 2.11. The van der Waals surface area contributed by atoms with Crippen LogP contribution in [-0.2, 0) is 13.6 Å². The fourth-order valence-corrected chi connectivity index (χ4v) is 2.34. The average Bonchev–Trinajstić information content (AvgIpc) is 3.03. The van der Waals surface area contributed by atoms with Crippen LogP contribution in [0, 0.1) is 6.92 Å². The second kappa shape index (κ2) is 5.35. The van der Waals surface area contributed by atoms with Gasteiger partial charge in [-0.1, -0.05) is 6.07 Å². The van der Waals surface area contributed by atoms with Crippen LogP contribution < -0.4 is 5.32 Å². The third kappa shape index (κ3) is 2.49. The number of hydrogen-bond acceptors (Lipinski definition) is 4. The molecule has 0 aliphatic heterocycles. The molecule has 0 spiro atoms. The van der Waals surface area contributed by atoms with Crippen molar-refractivity contribution in [3.63, 3.8) is 0 Å². The number of nitrogens with zero attached hydrogens (tertiary/aromatic N) is 5. The van der Waals surface area contributed by atoms with Gasteiger partial charge in [-0.15, -0.1) is 0 Å². The SMILES string of the molecule is Cc1nn(C)c2cnn(CCNC(=O)c3ccccn3)c12. The van der Waals surface area contributed by atoms with E-state index in [1.165, 1.54) is 0 Å². The molecular formula is C14H16N6O. The molecule has 0 aliphatic rings. The molecule has 0 radical (unpaired) electrons. The van der Waals surface area contributed by atoms with Crippen molar-refractivity contribution < 1.29 is 4.79 Å². The summed E-state index contributed by atoms with van der Waals surface area (Å²) in [4.78, 5) is 15.9. The number of carbonyl (C=O) groups is 1. The molecule has 0 aromatic carbocycles. The smallest absolute Gasteiger partial charge is 0.269 e. The molecule has 1 N–H and O–H groups in total. The van der Waals surface area contributed by atoms with Crippen molar-refractivity contribution >= 4 is 16.9 Å². The minimum absolute atomic E-state index is 0.179. The number of amides is 1. The molecule has 1 amide bonds. The van der Waals surface area contributed by atoms with E-state index >= 15 is 0 Å².